The highest BCUT2D eigenvalue weighted by atomic mass is 19.1. The molecule has 0 saturated heterocycles. The van der Waals surface area contributed by atoms with E-state index < -0.39 is 5.56 Å². The number of nitrogens with one attached hydrogen (secondary N) is 1. The molecule has 0 aliphatic heterocycles. The Morgan fingerprint density at radius 3 is 2.61 bits per heavy atom. The lowest BCUT2D eigenvalue weighted by Gasteiger charge is -2.14. The van der Waals surface area contributed by atoms with E-state index in [1.165, 1.54) is 23.0 Å². The van der Waals surface area contributed by atoms with Crippen LogP contribution >= 0.6 is 0 Å². The number of nitrogens with zero attached hydrogens (tertiary/aromatic N) is 4. The van der Waals surface area contributed by atoms with Gasteiger partial charge in [-0.3, -0.25) is 9.59 Å². The summed E-state index contributed by atoms with van der Waals surface area (Å²) in [6.45, 7) is 5.55. The fourth-order valence-electron chi connectivity index (χ4n) is 3.45. The summed E-state index contributed by atoms with van der Waals surface area (Å²) in [5, 5.41) is 11.4. The summed E-state index contributed by atoms with van der Waals surface area (Å²) in [5.41, 5.74) is 4.46. The van der Waals surface area contributed by atoms with Crippen molar-refractivity contribution >= 4 is 11.4 Å². The van der Waals surface area contributed by atoms with Gasteiger partial charge in [-0.2, -0.15) is 10.2 Å². The summed E-state index contributed by atoms with van der Waals surface area (Å²) in [7, 11) is 0. The molecule has 0 saturated carbocycles. The monoisotopic (exact) mass is 419 g/mol. The molecule has 4 aromatic rings. The van der Waals surface area contributed by atoms with E-state index >= 15 is 0 Å². The average molecular weight is 419 g/mol. The molecular formula is C23H22FN5O2. The minimum Gasteiger partial charge on any atom is -0.348 e. The van der Waals surface area contributed by atoms with Crippen LogP contribution < -0.4 is 10.9 Å². The maximum absolute atomic E-state index is 13.1. The molecule has 158 valence electrons. The predicted molar refractivity (Wildman–Crippen MR) is 115 cm³/mol. The fraction of sp³-hybridized carbons (Fsp3) is 0.217. The number of hydrogen-bond acceptors (Lipinski definition) is 4. The molecule has 0 radical (unpaired) electrons. The molecular weight excluding hydrogens is 397 g/mol. The molecule has 0 aliphatic rings. The number of halogens is 1. The molecule has 2 aromatic carbocycles. The van der Waals surface area contributed by atoms with E-state index in [-0.39, 0.29) is 24.3 Å². The first-order valence-electron chi connectivity index (χ1n) is 9.90. The smallest absolute Gasteiger partial charge is 0.293 e. The van der Waals surface area contributed by atoms with Crippen molar-refractivity contribution in [3.05, 3.63) is 87.7 Å². The average Bonchev–Trinajstić information content (AvgIpc) is 3.17. The van der Waals surface area contributed by atoms with Crippen molar-refractivity contribution in [3.8, 4) is 11.3 Å². The van der Waals surface area contributed by atoms with Crippen molar-refractivity contribution in [1.29, 1.82) is 0 Å². The number of amides is 1. The number of fused-ring (bicyclic) bond motifs is 1. The molecule has 0 fully saturated rings. The largest absolute Gasteiger partial charge is 0.348 e. The second-order valence-electron chi connectivity index (χ2n) is 7.61. The summed E-state index contributed by atoms with van der Waals surface area (Å²) in [4.78, 5) is 25.3. The first-order valence-corrected chi connectivity index (χ1v) is 9.90. The van der Waals surface area contributed by atoms with E-state index in [0.717, 1.165) is 26.9 Å². The van der Waals surface area contributed by atoms with Gasteiger partial charge in [0.15, 0.2) is 0 Å². The molecule has 2 heterocycles. The molecule has 1 atom stereocenters. The third kappa shape index (κ3) is 4.23. The van der Waals surface area contributed by atoms with Gasteiger partial charge in [0, 0.05) is 5.56 Å². The Labute approximate surface area is 178 Å². The number of benzene rings is 2. The van der Waals surface area contributed by atoms with Crippen LogP contribution in [0.25, 0.3) is 16.8 Å². The summed E-state index contributed by atoms with van der Waals surface area (Å²) >= 11 is 0. The quantitative estimate of drug-likeness (QED) is 0.539. The summed E-state index contributed by atoms with van der Waals surface area (Å²) in [6.07, 6.45) is 1.42. The summed E-state index contributed by atoms with van der Waals surface area (Å²) in [5.74, 6) is -0.711. The molecule has 7 nitrogen and oxygen atoms in total. The Bertz CT molecular complexity index is 1320. The molecule has 0 bridgehead atoms. The van der Waals surface area contributed by atoms with Gasteiger partial charge in [-0.1, -0.05) is 29.8 Å². The first-order chi connectivity index (χ1) is 14.8. The molecule has 1 amide bonds. The van der Waals surface area contributed by atoms with Crippen molar-refractivity contribution in [3.63, 3.8) is 0 Å². The molecule has 0 aliphatic carbocycles. The van der Waals surface area contributed by atoms with Gasteiger partial charge in [0.1, 0.15) is 24.2 Å². The van der Waals surface area contributed by atoms with Gasteiger partial charge in [-0.15, -0.1) is 0 Å². The Morgan fingerprint density at radius 1 is 1.13 bits per heavy atom. The normalized spacial score (nSPS) is 12.1. The Hall–Kier alpha value is -3.81. The van der Waals surface area contributed by atoms with Crippen LogP contribution in [0.1, 0.15) is 29.7 Å². The van der Waals surface area contributed by atoms with Crippen LogP contribution in [-0.2, 0) is 11.3 Å². The van der Waals surface area contributed by atoms with Crippen molar-refractivity contribution in [1.82, 2.24) is 24.7 Å². The van der Waals surface area contributed by atoms with Gasteiger partial charge in [-0.25, -0.2) is 13.6 Å². The summed E-state index contributed by atoms with van der Waals surface area (Å²) < 4.78 is 15.6. The number of aryl methyl sites for hydroxylation is 2. The van der Waals surface area contributed by atoms with E-state index in [1.807, 2.05) is 32.0 Å². The van der Waals surface area contributed by atoms with Crippen molar-refractivity contribution in [2.24, 2.45) is 0 Å². The lowest BCUT2D eigenvalue weighted by atomic mass is 10.0. The zero-order valence-corrected chi connectivity index (χ0v) is 17.5. The van der Waals surface area contributed by atoms with Crippen LogP contribution in [0.2, 0.25) is 0 Å². The maximum Gasteiger partial charge on any atom is 0.293 e. The predicted octanol–water partition coefficient (Wildman–Crippen LogP) is 3.19. The third-order valence-electron chi connectivity index (χ3n) is 5.20. The van der Waals surface area contributed by atoms with Crippen LogP contribution in [0.4, 0.5) is 4.39 Å². The number of carbonyl (C=O) groups is 1. The van der Waals surface area contributed by atoms with E-state index in [4.69, 9.17) is 0 Å². The minimum atomic E-state index is -0.406. The first kappa shape index (κ1) is 20.5. The Balaban J connectivity index is 1.56. The highest BCUT2D eigenvalue weighted by Crippen LogP contribution is 2.23. The second-order valence-corrected chi connectivity index (χ2v) is 7.61. The Kier molecular flexibility index (Phi) is 5.37. The van der Waals surface area contributed by atoms with Gasteiger partial charge in [0.2, 0.25) is 5.91 Å². The number of carbonyl (C=O) groups excluding carboxylic acids is 1. The molecule has 2 aromatic heterocycles. The van der Waals surface area contributed by atoms with Crippen molar-refractivity contribution in [2.75, 3.05) is 0 Å². The molecule has 0 spiro atoms. The minimum absolute atomic E-state index is 0.231. The molecule has 8 heteroatoms. The van der Waals surface area contributed by atoms with Crippen molar-refractivity contribution < 1.29 is 9.18 Å². The third-order valence-corrected chi connectivity index (χ3v) is 5.20. The van der Waals surface area contributed by atoms with Crippen LogP contribution in [0, 0.1) is 19.7 Å². The van der Waals surface area contributed by atoms with Crippen LogP contribution in [0.3, 0.4) is 0 Å². The van der Waals surface area contributed by atoms with Gasteiger partial charge in [-0.05, 0) is 56.2 Å². The molecule has 0 unspecified atom stereocenters. The van der Waals surface area contributed by atoms with Crippen molar-refractivity contribution in [2.45, 2.75) is 33.4 Å². The molecule has 31 heavy (non-hydrogen) atoms. The SMILES string of the molecule is Cc1ccc(C)c(-c2cc3c(=O)n(CC(=O)N[C@@H](C)c4ccc(F)cc4)ncn3n2)c1. The summed E-state index contributed by atoms with van der Waals surface area (Å²) in [6, 6.07) is 13.3. The van der Waals surface area contributed by atoms with E-state index in [2.05, 4.69) is 15.5 Å². The standard InChI is InChI=1S/C23H22FN5O2/c1-14-4-5-15(2)19(10-14)20-11-21-23(31)28(25-13-29(21)27-20)12-22(30)26-16(3)17-6-8-18(24)9-7-17/h4-11,13,16H,12H2,1-3H3,(H,26,30)/t16-/m0/s1. The number of rotatable bonds is 5. The second kappa shape index (κ2) is 8.14. The van der Waals surface area contributed by atoms with Gasteiger partial charge in [0.25, 0.3) is 5.56 Å². The van der Waals surface area contributed by atoms with Gasteiger partial charge >= 0.3 is 0 Å². The maximum atomic E-state index is 13.1. The van der Waals surface area contributed by atoms with Gasteiger partial charge < -0.3 is 5.32 Å². The van der Waals surface area contributed by atoms with Crippen LogP contribution in [0.5, 0.6) is 0 Å². The van der Waals surface area contributed by atoms with E-state index in [0.29, 0.717) is 11.2 Å². The van der Waals surface area contributed by atoms with E-state index in [9.17, 15) is 14.0 Å². The lowest BCUT2D eigenvalue weighted by molar-refractivity contribution is -0.122. The van der Waals surface area contributed by atoms with E-state index in [1.54, 1.807) is 25.1 Å². The topological polar surface area (TPSA) is 81.3 Å². The highest BCUT2D eigenvalue weighted by molar-refractivity contribution is 5.76. The zero-order valence-electron chi connectivity index (χ0n) is 17.5. The zero-order chi connectivity index (χ0) is 22.1. The Morgan fingerprint density at radius 2 is 1.87 bits per heavy atom. The fourth-order valence-corrected chi connectivity index (χ4v) is 3.45. The highest BCUT2D eigenvalue weighted by Gasteiger charge is 2.15. The van der Waals surface area contributed by atoms with Crippen LogP contribution in [-0.4, -0.2) is 25.3 Å². The number of aromatic nitrogens is 4. The lowest BCUT2D eigenvalue weighted by Crippen LogP contribution is -2.35. The van der Waals surface area contributed by atoms with Crippen LogP contribution in [0.15, 0.2) is 59.7 Å². The molecule has 1 N–H and O–H groups in total. The van der Waals surface area contributed by atoms with Gasteiger partial charge in [0.05, 0.1) is 11.7 Å². The number of hydrogen-bond donors (Lipinski definition) is 1. The molecule has 4 rings (SSSR count).